The van der Waals surface area contributed by atoms with Crippen molar-refractivity contribution in [2.75, 3.05) is 6.54 Å². The van der Waals surface area contributed by atoms with E-state index in [1.807, 2.05) is 0 Å². The van der Waals surface area contributed by atoms with E-state index in [-0.39, 0.29) is 0 Å². The first-order chi connectivity index (χ1) is 10.0. The van der Waals surface area contributed by atoms with Gasteiger partial charge in [-0.15, -0.1) is 0 Å². The summed E-state index contributed by atoms with van der Waals surface area (Å²) in [6.07, 6.45) is 6.74. The predicted octanol–water partition coefficient (Wildman–Crippen LogP) is 5.58. The Balaban J connectivity index is 2.02. The molecule has 0 aliphatic heterocycles. The molecule has 1 aromatic carbocycles. The highest BCUT2D eigenvalue weighted by Gasteiger charge is 2.33. The Labute approximate surface area is 131 Å². The molecule has 118 valence electrons. The van der Waals surface area contributed by atoms with Crippen molar-refractivity contribution in [1.29, 1.82) is 0 Å². The van der Waals surface area contributed by atoms with Crippen molar-refractivity contribution in [1.82, 2.24) is 5.32 Å². The van der Waals surface area contributed by atoms with Crippen molar-refractivity contribution in [3.63, 3.8) is 0 Å². The summed E-state index contributed by atoms with van der Waals surface area (Å²) in [7, 11) is 0. The molecule has 21 heavy (non-hydrogen) atoms. The Morgan fingerprint density at radius 2 is 1.67 bits per heavy atom. The van der Waals surface area contributed by atoms with Gasteiger partial charge in [0.2, 0.25) is 0 Å². The van der Waals surface area contributed by atoms with Crippen LogP contribution in [0.4, 0.5) is 0 Å². The first-order valence-electron chi connectivity index (χ1n) is 8.80. The molecule has 1 fully saturated rings. The summed E-state index contributed by atoms with van der Waals surface area (Å²) in [6.45, 7) is 10.6. The zero-order valence-electron chi connectivity index (χ0n) is 14.4. The van der Waals surface area contributed by atoms with Crippen LogP contribution in [-0.4, -0.2) is 6.54 Å². The van der Waals surface area contributed by atoms with Gasteiger partial charge in [-0.2, -0.15) is 0 Å². The van der Waals surface area contributed by atoms with Gasteiger partial charge in [0.05, 0.1) is 0 Å². The van der Waals surface area contributed by atoms with Crippen molar-refractivity contribution in [3.05, 3.63) is 35.9 Å². The highest BCUT2D eigenvalue weighted by Crippen LogP contribution is 2.43. The van der Waals surface area contributed by atoms with Gasteiger partial charge in [0.15, 0.2) is 0 Å². The molecule has 0 radical (unpaired) electrons. The van der Waals surface area contributed by atoms with Crippen LogP contribution in [0.1, 0.15) is 71.4 Å². The number of hydrogen-bond donors (Lipinski definition) is 1. The van der Waals surface area contributed by atoms with Gasteiger partial charge in [0.25, 0.3) is 0 Å². The van der Waals surface area contributed by atoms with E-state index >= 15 is 0 Å². The van der Waals surface area contributed by atoms with Crippen LogP contribution in [0.5, 0.6) is 0 Å². The standard InChI is InChI=1S/C20H33N/c1-5-15-21-19(16-9-7-6-8-10-16)17-11-13-18(14-12-17)20(2,3)4/h6-10,17-19,21H,5,11-15H2,1-4H3. The third-order valence-electron chi connectivity index (χ3n) is 5.24. The molecule has 2 rings (SSSR count). The number of nitrogens with one attached hydrogen (secondary N) is 1. The predicted molar refractivity (Wildman–Crippen MR) is 92.4 cm³/mol. The molecule has 0 aromatic heterocycles. The topological polar surface area (TPSA) is 12.0 Å². The molecule has 0 saturated heterocycles. The molecule has 1 aliphatic rings. The van der Waals surface area contributed by atoms with Gasteiger partial charge < -0.3 is 5.32 Å². The van der Waals surface area contributed by atoms with Crippen LogP contribution in [0.3, 0.4) is 0 Å². The van der Waals surface area contributed by atoms with E-state index in [4.69, 9.17) is 0 Å². The SMILES string of the molecule is CCCNC(c1ccccc1)C1CCC(C(C)(C)C)CC1. The van der Waals surface area contributed by atoms with Gasteiger partial charge >= 0.3 is 0 Å². The van der Waals surface area contributed by atoms with Gasteiger partial charge in [-0.25, -0.2) is 0 Å². The summed E-state index contributed by atoms with van der Waals surface area (Å²) in [4.78, 5) is 0. The molecule has 1 N–H and O–H groups in total. The largest absolute Gasteiger partial charge is 0.310 e. The minimum Gasteiger partial charge on any atom is -0.310 e. The highest BCUT2D eigenvalue weighted by atomic mass is 14.9. The molecular formula is C20H33N. The van der Waals surface area contributed by atoms with E-state index in [1.54, 1.807) is 0 Å². The van der Waals surface area contributed by atoms with Gasteiger partial charge in [-0.3, -0.25) is 0 Å². The third kappa shape index (κ3) is 4.57. The number of hydrogen-bond acceptors (Lipinski definition) is 1. The van der Waals surface area contributed by atoms with Crippen molar-refractivity contribution >= 4 is 0 Å². The fraction of sp³-hybridized carbons (Fsp3) is 0.700. The molecule has 1 nitrogen and oxygen atoms in total. The van der Waals surface area contributed by atoms with Gasteiger partial charge in [0, 0.05) is 6.04 Å². The van der Waals surface area contributed by atoms with Crippen LogP contribution in [0.25, 0.3) is 0 Å². The fourth-order valence-corrected chi connectivity index (χ4v) is 3.84. The first kappa shape index (κ1) is 16.5. The second-order valence-electron chi connectivity index (χ2n) is 7.82. The van der Waals surface area contributed by atoms with E-state index in [1.165, 1.54) is 37.7 Å². The molecule has 1 unspecified atom stereocenters. The van der Waals surface area contributed by atoms with E-state index in [0.717, 1.165) is 18.4 Å². The lowest BCUT2D eigenvalue weighted by Crippen LogP contribution is -2.34. The molecule has 0 spiro atoms. The Morgan fingerprint density at radius 1 is 1.05 bits per heavy atom. The smallest absolute Gasteiger partial charge is 0.0348 e. The van der Waals surface area contributed by atoms with E-state index < -0.39 is 0 Å². The number of benzene rings is 1. The van der Waals surface area contributed by atoms with Crippen LogP contribution in [0.15, 0.2) is 30.3 Å². The maximum absolute atomic E-state index is 3.81. The van der Waals surface area contributed by atoms with Crippen molar-refractivity contribution in [3.8, 4) is 0 Å². The van der Waals surface area contributed by atoms with Crippen molar-refractivity contribution in [2.45, 2.75) is 65.8 Å². The molecule has 1 atom stereocenters. The summed E-state index contributed by atoms with van der Waals surface area (Å²) in [6, 6.07) is 11.6. The van der Waals surface area contributed by atoms with Crippen LogP contribution in [0, 0.1) is 17.3 Å². The van der Waals surface area contributed by atoms with E-state index in [9.17, 15) is 0 Å². The minimum atomic E-state index is 0.476. The highest BCUT2D eigenvalue weighted by molar-refractivity contribution is 5.20. The molecule has 1 saturated carbocycles. The average Bonchev–Trinajstić information content (AvgIpc) is 2.48. The molecular weight excluding hydrogens is 254 g/mol. The average molecular weight is 287 g/mol. The normalized spacial score (nSPS) is 24.8. The van der Waals surface area contributed by atoms with Crippen LogP contribution < -0.4 is 5.32 Å². The summed E-state index contributed by atoms with van der Waals surface area (Å²) < 4.78 is 0. The molecule has 1 heteroatoms. The summed E-state index contributed by atoms with van der Waals surface area (Å²) in [5, 5.41) is 3.81. The Kier molecular flexibility index (Phi) is 5.87. The van der Waals surface area contributed by atoms with Gasteiger partial charge in [-0.05, 0) is 61.5 Å². The van der Waals surface area contributed by atoms with Crippen LogP contribution >= 0.6 is 0 Å². The maximum atomic E-state index is 3.81. The lowest BCUT2D eigenvalue weighted by Gasteiger charge is -2.40. The zero-order chi connectivity index (χ0) is 15.3. The van der Waals surface area contributed by atoms with E-state index in [2.05, 4.69) is 63.3 Å². The lowest BCUT2D eigenvalue weighted by molar-refractivity contribution is 0.132. The second kappa shape index (κ2) is 7.45. The Bertz CT molecular complexity index is 396. The Morgan fingerprint density at radius 3 is 2.19 bits per heavy atom. The molecule has 1 aliphatic carbocycles. The monoisotopic (exact) mass is 287 g/mol. The maximum Gasteiger partial charge on any atom is 0.0348 e. The Hall–Kier alpha value is -0.820. The summed E-state index contributed by atoms with van der Waals surface area (Å²) >= 11 is 0. The second-order valence-corrected chi connectivity index (χ2v) is 7.82. The van der Waals surface area contributed by atoms with Crippen LogP contribution in [0.2, 0.25) is 0 Å². The molecule has 1 aromatic rings. The van der Waals surface area contributed by atoms with Gasteiger partial charge in [-0.1, -0.05) is 58.0 Å². The minimum absolute atomic E-state index is 0.476. The molecule has 0 bridgehead atoms. The van der Waals surface area contributed by atoms with E-state index in [0.29, 0.717) is 11.5 Å². The molecule has 0 heterocycles. The van der Waals surface area contributed by atoms with Crippen molar-refractivity contribution < 1.29 is 0 Å². The third-order valence-corrected chi connectivity index (χ3v) is 5.24. The fourth-order valence-electron chi connectivity index (χ4n) is 3.84. The summed E-state index contributed by atoms with van der Waals surface area (Å²) in [5.74, 6) is 1.70. The van der Waals surface area contributed by atoms with Gasteiger partial charge in [0.1, 0.15) is 0 Å². The molecule has 0 amide bonds. The quantitative estimate of drug-likeness (QED) is 0.745. The van der Waals surface area contributed by atoms with Crippen LogP contribution in [-0.2, 0) is 0 Å². The summed E-state index contributed by atoms with van der Waals surface area (Å²) in [5.41, 5.74) is 1.95. The number of rotatable bonds is 5. The zero-order valence-corrected chi connectivity index (χ0v) is 14.4. The first-order valence-corrected chi connectivity index (χ1v) is 8.80. The lowest BCUT2D eigenvalue weighted by atomic mass is 9.68. The van der Waals surface area contributed by atoms with Crippen molar-refractivity contribution in [2.24, 2.45) is 17.3 Å².